The van der Waals surface area contributed by atoms with Gasteiger partial charge < -0.3 is 19.9 Å². The Kier molecular flexibility index (Phi) is 2.23. The van der Waals surface area contributed by atoms with Gasteiger partial charge in [-0.15, -0.1) is 0 Å². The summed E-state index contributed by atoms with van der Waals surface area (Å²) in [6.07, 6.45) is 0. The van der Waals surface area contributed by atoms with E-state index < -0.39 is 5.54 Å². The SMILES string of the molecule is COc1cc2c(c(C(C)(C)N)c1)OCO2. The van der Waals surface area contributed by atoms with Gasteiger partial charge in [-0.2, -0.15) is 0 Å². The molecule has 1 aromatic carbocycles. The summed E-state index contributed by atoms with van der Waals surface area (Å²) in [6.45, 7) is 4.08. The van der Waals surface area contributed by atoms with Crippen LogP contribution in [-0.4, -0.2) is 13.9 Å². The molecule has 1 aromatic rings. The molecule has 15 heavy (non-hydrogen) atoms. The molecule has 1 aliphatic heterocycles. The van der Waals surface area contributed by atoms with Crippen molar-refractivity contribution in [2.45, 2.75) is 19.4 Å². The third kappa shape index (κ3) is 1.72. The number of ether oxygens (including phenoxy) is 3. The van der Waals surface area contributed by atoms with Gasteiger partial charge in [0.25, 0.3) is 0 Å². The van der Waals surface area contributed by atoms with Crippen molar-refractivity contribution >= 4 is 0 Å². The number of benzene rings is 1. The van der Waals surface area contributed by atoms with Gasteiger partial charge in [0.15, 0.2) is 11.5 Å². The van der Waals surface area contributed by atoms with Gasteiger partial charge in [0.2, 0.25) is 6.79 Å². The largest absolute Gasteiger partial charge is 0.497 e. The monoisotopic (exact) mass is 209 g/mol. The molecule has 0 unspecified atom stereocenters. The number of hydrogen-bond acceptors (Lipinski definition) is 4. The van der Waals surface area contributed by atoms with Gasteiger partial charge in [0.05, 0.1) is 7.11 Å². The molecule has 0 fully saturated rings. The van der Waals surface area contributed by atoms with Crippen molar-refractivity contribution in [2.75, 3.05) is 13.9 Å². The Hall–Kier alpha value is -1.42. The van der Waals surface area contributed by atoms with E-state index >= 15 is 0 Å². The average Bonchev–Trinajstić information content (AvgIpc) is 2.61. The summed E-state index contributed by atoms with van der Waals surface area (Å²) in [5, 5.41) is 0. The first-order valence-corrected chi connectivity index (χ1v) is 4.79. The van der Waals surface area contributed by atoms with Crippen molar-refractivity contribution in [1.29, 1.82) is 0 Å². The summed E-state index contributed by atoms with van der Waals surface area (Å²) in [4.78, 5) is 0. The van der Waals surface area contributed by atoms with Gasteiger partial charge in [-0.05, 0) is 19.9 Å². The average molecular weight is 209 g/mol. The van der Waals surface area contributed by atoms with E-state index in [1.54, 1.807) is 13.2 Å². The maximum absolute atomic E-state index is 6.06. The fraction of sp³-hybridized carbons (Fsp3) is 0.455. The zero-order valence-corrected chi connectivity index (χ0v) is 9.16. The van der Waals surface area contributed by atoms with E-state index in [9.17, 15) is 0 Å². The quantitative estimate of drug-likeness (QED) is 0.804. The molecule has 82 valence electrons. The van der Waals surface area contributed by atoms with Crippen molar-refractivity contribution < 1.29 is 14.2 Å². The molecule has 1 heterocycles. The zero-order valence-electron chi connectivity index (χ0n) is 9.16. The molecule has 4 heteroatoms. The minimum absolute atomic E-state index is 0.242. The summed E-state index contributed by atoms with van der Waals surface area (Å²) in [7, 11) is 1.62. The van der Waals surface area contributed by atoms with Gasteiger partial charge in [-0.3, -0.25) is 0 Å². The minimum Gasteiger partial charge on any atom is -0.497 e. The van der Waals surface area contributed by atoms with Crippen LogP contribution in [0.25, 0.3) is 0 Å². The van der Waals surface area contributed by atoms with E-state index in [0.29, 0.717) is 5.75 Å². The lowest BCUT2D eigenvalue weighted by atomic mass is 9.94. The second-order valence-electron chi connectivity index (χ2n) is 4.13. The molecule has 0 atom stereocenters. The first-order chi connectivity index (χ1) is 7.02. The van der Waals surface area contributed by atoms with Gasteiger partial charge in [-0.1, -0.05) is 0 Å². The maximum Gasteiger partial charge on any atom is 0.231 e. The van der Waals surface area contributed by atoms with Crippen LogP contribution < -0.4 is 19.9 Å². The fourth-order valence-corrected chi connectivity index (χ4v) is 1.58. The van der Waals surface area contributed by atoms with E-state index in [1.165, 1.54) is 0 Å². The van der Waals surface area contributed by atoms with Crippen LogP contribution in [0.2, 0.25) is 0 Å². The van der Waals surface area contributed by atoms with Gasteiger partial charge >= 0.3 is 0 Å². The molecular formula is C11H15NO3. The van der Waals surface area contributed by atoms with Crippen LogP contribution in [0.1, 0.15) is 19.4 Å². The third-order valence-electron chi connectivity index (χ3n) is 2.38. The van der Waals surface area contributed by atoms with Crippen molar-refractivity contribution in [2.24, 2.45) is 5.73 Å². The van der Waals surface area contributed by atoms with Crippen molar-refractivity contribution in [3.05, 3.63) is 17.7 Å². The molecular weight excluding hydrogens is 194 g/mol. The normalized spacial score (nSPS) is 14.1. The molecule has 0 amide bonds. The molecule has 0 bridgehead atoms. The highest BCUT2D eigenvalue weighted by Crippen LogP contribution is 2.42. The molecule has 0 saturated heterocycles. The van der Waals surface area contributed by atoms with E-state index in [-0.39, 0.29) is 6.79 Å². The van der Waals surface area contributed by atoms with E-state index in [1.807, 2.05) is 19.9 Å². The van der Waals surface area contributed by atoms with Gasteiger partial charge in [0.1, 0.15) is 5.75 Å². The summed E-state index contributed by atoms with van der Waals surface area (Å²) in [6, 6.07) is 3.69. The Morgan fingerprint density at radius 1 is 1.33 bits per heavy atom. The van der Waals surface area contributed by atoms with E-state index in [4.69, 9.17) is 19.9 Å². The van der Waals surface area contributed by atoms with Crippen molar-refractivity contribution in [1.82, 2.24) is 0 Å². The zero-order chi connectivity index (χ0) is 11.1. The lowest BCUT2D eigenvalue weighted by molar-refractivity contribution is 0.172. The number of hydrogen-bond donors (Lipinski definition) is 1. The van der Waals surface area contributed by atoms with Gasteiger partial charge in [-0.25, -0.2) is 0 Å². The van der Waals surface area contributed by atoms with Crippen molar-refractivity contribution in [3.63, 3.8) is 0 Å². The van der Waals surface area contributed by atoms with E-state index in [0.717, 1.165) is 17.1 Å². The number of nitrogens with two attached hydrogens (primary N) is 1. The predicted octanol–water partition coefficient (Wildman–Crippen LogP) is 1.62. The van der Waals surface area contributed by atoms with Crippen LogP contribution in [0.15, 0.2) is 12.1 Å². The number of methoxy groups -OCH3 is 1. The van der Waals surface area contributed by atoms with Crippen LogP contribution in [-0.2, 0) is 5.54 Å². The molecule has 0 aliphatic carbocycles. The second-order valence-corrected chi connectivity index (χ2v) is 4.13. The number of fused-ring (bicyclic) bond motifs is 1. The van der Waals surface area contributed by atoms with Crippen LogP contribution in [0.4, 0.5) is 0 Å². The molecule has 0 aromatic heterocycles. The molecule has 4 nitrogen and oxygen atoms in total. The van der Waals surface area contributed by atoms with Crippen LogP contribution in [0, 0.1) is 0 Å². The molecule has 0 saturated carbocycles. The van der Waals surface area contributed by atoms with Crippen LogP contribution >= 0.6 is 0 Å². The standard InChI is InChI=1S/C11H15NO3/c1-11(2,12)8-4-7(13-3)5-9-10(8)15-6-14-9/h4-5H,6,12H2,1-3H3. The Bertz CT molecular complexity index is 382. The highest BCUT2D eigenvalue weighted by molar-refractivity contribution is 5.55. The highest BCUT2D eigenvalue weighted by atomic mass is 16.7. The summed E-state index contributed by atoms with van der Waals surface area (Å²) >= 11 is 0. The molecule has 0 radical (unpaired) electrons. The maximum atomic E-state index is 6.06. The van der Waals surface area contributed by atoms with Crippen LogP contribution in [0.3, 0.4) is 0 Å². The number of rotatable bonds is 2. The summed E-state index contributed by atoms with van der Waals surface area (Å²) in [5.74, 6) is 2.15. The first kappa shape index (κ1) is 10.1. The minimum atomic E-state index is -0.480. The summed E-state index contributed by atoms with van der Waals surface area (Å²) < 4.78 is 15.9. The molecule has 0 spiro atoms. The Labute approximate surface area is 88.9 Å². The molecule has 1 aliphatic rings. The topological polar surface area (TPSA) is 53.7 Å². The Balaban J connectivity index is 2.57. The lowest BCUT2D eigenvalue weighted by Crippen LogP contribution is -2.29. The predicted molar refractivity (Wildman–Crippen MR) is 56.3 cm³/mol. The smallest absolute Gasteiger partial charge is 0.231 e. The molecule has 2 N–H and O–H groups in total. The third-order valence-corrected chi connectivity index (χ3v) is 2.38. The first-order valence-electron chi connectivity index (χ1n) is 4.79. The van der Waals surface area contributed by atoms with Crippen LogP contribution in [0.5, 0.6) is 17.2 Å². The fourth-order valence-electron chi connectivity index (χ4n) is 1.58. The lowest BCUT2D eigenvalue weighted by Gasteiger charge is -2.21. The highest BCUT2D eigenvalue weighted by Gasteiger charge is 2.27. The Morgan fingerprint density at radius 2 is 2.07 bits per heavy atom. The van der Waals surface area contributed by atoms with Crippen molar-refractivity contribution in [3.8, 4) is 17.2 Å². The second kappa shape index (κ2) is 3.31. The van der Waals surface area contributed by atoms with E-state index in [2.05, 4.69) is 0 Å². The Morgan fingerprint density at radius 3 is 2.67 bits per heavy atom. The summed E-state index contributed by atoms with van der Waals surface area (Å²) in [5.41, 5.74) is 6.48. The molecule has 2 rings (SSSR count). The van der Waals surface area contributed by atoms with Gasteiger partial charge in [0, 0.05) is 17.2 Å².